The van der Waals surface area contributed by atoms with Gasteiger partial charge in [0.15, 0.2) is 0 Å². The van der Waals surface area contributed by atoms with Gasteiger partial charge in [0.05, 0.1) is 0 Å². The molecule has 0 radical (unpaired) electrons. The lowest BCUT2D eigenvalue weighted by Gasteiger charge is -2.34. The molecule has 0 bridgehead atoms. The van der Waals surface area contributed by atoms with Crippen molar-refractivity contribution < 1.29 is 9.59 Å². The molecule has 2 N–H and O–H groups in total. The maximum absolute atomic E-state index is 12.8. The van der Waals surface area contributed by atoms with E-state index in [1.165, 1.54) is 0 Å². The summed E-state index contributed by atoms with van der Waals surface area (Å²) in [6.45, 7) is 8.06. The maximum atomic E-state index is 12.8. The van der Waals surface area contributed by atoms with E-state index >= 15 is 0 Å². The minimum Gasteiger partial charge on any atom is -0.353 e. The Hall–Kier alpha value is -1.92. The summed E-state index contributed by atoms with van der Waals surface area (Å²) in [5.74, 6) is -0.0951. The standard InChI is InChI=1S/C19H28N4O2/c1-19(18(25)21-11-15-22-13-9-20-10-14-22)8-5-12-23(19)17(24)16-6-3-2-4-7-16/h2-4,6-7,20H,5,8-15H2,1H3,(H,21,25). The summed E-state index contributed by atoms with van der Waals surface area (Å²) in [4.78, 5) is 29.7. The highest BCUT2D eigenvalue weighted by Gasteiger charge is 2.45. The van der Waals surface area contributed by atoms with Crippen molar-refractivity contribution in [3.8, 4) is 0 Å². The summed E-state index contributed by atoms with van der Waals surface area (Å²) >= 11 is 0. The second-order valence-corrected chi connectivity index (χ2v) is 7.05. The Kier molecular flexibility index (Phi) is 5.71. The molecular weight excluding hydrogens is 316 g/mol. The Bertz CT molecular complexity index is 601. The average Bonchev–Trinajstić information content (AvgIpc) is 3.05. The van der Waals surface area contributed by atoms with Gasteiger partial charge in [-0.05, 0) is 31.9 Å². The smallest absolute Gasteiger partial charge is 0.254 e. The lowest BCUT2D eigenvalue weighted by Crippen LogP contribution is -2.56. The predicted octanol–water partition coefficient (Wildman–Crippen LogP) is 0.703. The van der Waals surface area contributed by atoms with Crippen molar-refractivity contribution in [2.45, 2.75) is 25.3 Å². The van der Waals surface area contributed by atoms with E-state index in [4.69, 9.17) is 0 Å². The van der Waals surface area contributed by atoms with Crippen LogP contribution in [0.2, 0.25) is 0 Å². The van der Waals surface area contributed by atoms with E-state index in [2.05, 4.69) is 15.5 Å². The molecule has 0 aromatic heterocycles. The molecule has 2 heterocycles. The average molecular weight is 344 g/mol. The summed E-state index contributed by atoms with van der Waals surface area (Å²) in [6.07, 6.45) is 1.57. The van der Waals surface area contributed by atoms with Crippen LogP contribution in [-0.4, -0.2) is 73.0 Å². The summed E-state index contributed by atoms with van der Waals surface area (Å²) in [5.41, 5.74) is -0.111. The molecule has 136 valence electrons. The molecule has 25 heavy (non-hydrogen) atoms. The van der Waals surface area contributed by atoms with E-state index in [1.54, 1.807) is 4.90 Å². The second kappa shape index (κ2) is 7.97. The number of carbonyl (C=O) groups is 2. The van der Waals surface area contributed by atoms with Gasteiger partial charge < -0.3 is 15.5 Å². The van der Waals surface area contributed by atoms with Gasteiger partial charge in [-0.25, -0.2) is 0 Å². The number of nitrogens with zero attached hydrogens (tertiary/aromatic N) is 2. The zero-order chi connectivity index (χ0) is 17.7. The Morgan fingerprint density at radius 2 is 1.88 bits per heavy atom. The fraction of sp³-hybridized carbons (Fsp3) is 0.579. The van der Waals surface area contributed by atoms with Gasteiger partial charge in [0, 0.05) is 51.4 Å². The lowest BCUT2D eigenvalue weighted by molar-refractivity contribution is -0.129. The van der Waals surface area contributed by atoms with Gasteiger partial charge in [-0.2, -0.15) is 0 Å². The SMILES string of the molecule is CC1(C(=O)NCCN2CCNCC2)CCCN1C(=O)c1ccccc1. The van der Waals surface area contributed by atoms with Gasteiger partial charge in [-0.15, -0.1) is 0 Å². The van der Waals surface area contributed by atoms with Crippen LogP contribution in [0.3, 0.4) is 0 Å². The van der Waals surface area contributed by atoms with Crippen LogP contribution in [0.5, 0.6) is 0 Å². The minimum atomic E-state index is -0.754. The molecule has 1 unspecified atom stereocenters. The second-order valence-electron chi connectivity index (χ2n) is 7.05. The third-order valence-electron chi connectivity index (χ3n) is 5.32. The molecule has 1 atom stereocenters. The van der Waals surface area contributed by atoms with Gasteiger partial charge in [0.2, 0.25) is 5.91 Å². The van der Waals surface area contributed by atoms with Crippen molar-refractivity contribution in [1.82, 2.24) is 20.4 Å². The number of rotatable bonds is 5. The van der Waals surface area contributed by atoms with Crippen molar-refractivity contribution in [2.24, 2.45) is 0 Å². The zero-order valence-corrected chi connectivity index (χ0v) is 15.0. The van der Waals surface area contributed by atoms with Crippen LogP contribution in [0.4, 0.5) is 0 Å². The molecular formula is C19H28N4O2. The van der Waals surface area contributed by atoms with Gasteiger partial charge >= 0.3 is 0 Å². The number of benzene rings is 1. The molecule has 0 spiro atoms. The molecule has 1 aromatic carbocycles. The van der Waals surface area contributed by atoms with Crippen LogP contribution in [0.1, 0.15) is 30.1 Å². The largest absolute Gasteiger partial charge is 0.353 e. The summed E-state index contributed by atoms with van der Waals surface area (Å²) < 4.78 is 0. The van der Waals surface area contributed by atoms with Crippen LogP contribution in [0.25, 0.3) is 0 Å². The Morgan fingerprint density at radius 3 is 2.60 bits per heavy atom. The van der Waals surface area contributed by atoms with Crippen LogP contribution >= 0.6 is 0 Å². The van der Waals surface area contributed by atoms with Crippen LogP contribution in [-0.2, 0) is 4.79 Å². The molecule has 6 heteroatoms. The first-order valence-electron chi connectivity index (χ1n) is 9.20. The van der Waals surface area contributed by atoms with Crippen molar-refractivity contribution in [3.05, 3.63) is 35.9 Å². The quantitative estimate of drug-likeness (QED) is 0.825. The molecule has 2 amide bonds. The first-order valence-corrected chi connectivity index (χ1v) is 9.20. The fourth-order valence-corrected chi connectivity index (χ4v) is 3.71. The van der Waals surface area contributed by atoms with E-state index in [-0.39, 0.29) is 11.8 Å². The van der Waals surface area contributed by atoms with Crippen molar-refractivity contribution in [2.75, 3.05) is 45.8 Å². The van der Waals surface area contributed by atoms with E-state index in [0.29, 0.717) is 25.1 Å². The van der Waals surface area contributed by atoms with Gasteiger partial charge in [0.25, 0.3) is 5.91 Å². The van der Waals surface area contributed by atoms with Crippen LogP contribution in [0.15, 0.2) is 30.3 Å². The maximum Gasteiger partial charge on any atom is 0.254 e. The van der Waals surface area contributed by atoms with E-state index in [0.717, 1.165) is 39.1 Å². The van der Waals surface area contributed by atoms with E-state index in [9.17, 15) is 9.59 Å². The monoisotopic (exact) mass is 344 g/mol. The Morgan fingerprint density at radius 1 is 1.16 bits per heavy atom. The molecule has 0 aliphatic carbocycles. The minimum absolute atomic E-state index is 0.0376. The molecule has 2 aliphatic rings. The summed E-state index contributed by atoms with van der Waals surface area (Å²) in [7, 11) is 0. The first kappa shape index (κ1) is 17.9. The molecule has 1 aromatic rings. The molecule has 2 fully saturated rings. The lowest BCUT2D eigenvalue weighted by atomic mass is 9.97. The summed E-state index contributed by atoms with van der Waals surface area (Å²) in [5, 5.41) is 6.38. The number of carbonyl (C=O) groups excluding carboxylic acids is 2. The number of likely N-dealkylation sites (tertiary alicyclic amines) is 1. The number of hydrogen-bond donors (Lipinski definition) is 2. The highest BCUT2D eigenvalue weighted by molar-refractivity contribution is 5.99. The van der Waals surface area contributed by atoms with Crippen LogP contribution < -0.4 is 10.6 Å². The number of amides is 2. The van der Waals surface area contributed by atoms with Crippen molar-refractivity contribution >= 4 is 11.8 Å². The third kappa shape index (κ3) is 4.02. The van der Waals surface area contributed by atoms with Crippen molar-refractivity contribution in [3.63, 3.8) is 0 Å². The zero-order valence-electron chi connectivity index (χ0n) is 15.0. The number of nitrogens with one attached hydrogen (secondary N) is 2. The Balaban J connectivity index is 1.58. The van der Waals surface area contributed by atoms with Gasteiger partial charge in [0.1, 0.15) is 5.54 Å². The topological polar surface area (TPSA) is 64.7 Å². The normalized spacial score (nSPS) is 24.3. The molecule has 2 aliphatic heterocycles. The van der Waals surface area contributed by atoms with E-state index in [1.807, 2.05) is 37.3 Å². The highest BCUT2D eigenvalue weighted by atomic mass is 16.2. The number of hydrogen-bond acceptors (Lipinski definition) is 4. The van der Waals surface area contributed by atoms with Gasteiger partial charge in [-0.1, -0.05) is 18.2 Å². The van der Waals surface area contributed by atoms with E-state index < -0.39 is 5.54 Å². The van der Waals surface area contributed by atoms with Crippen molar-refractivity contribution in [1.29, 1.82) is 0 Å². The molecule has 6 nitrogen and oxygen atoms in total. The summed E-state index contributed by atoms with van der Waals surface area (Å²) in [6, 6.07) is 9.22. The molecule has 3 rings (SSSR count). The van der Waals surface area contributed by atoms with Crippen LogP contribution in [0, 0.1) is 0 Å². The number of piperazine rings is 1. The van der Waals surface area contributed by atoms with Gasteiger partial charge in [-0.3, -0.25) is 14.5 Å². The highest BCUT2D eigenvalue weighted by Crippen LogP contribution is 2.30. The molecule has 0 saturated carbocycles. The third-order valence-corrected chi connectivity index (χ3v) is 5.32. The fourth-order valence-electron chi connectivity index (χ4n) is 3.71. The first-order chi connectivity index (χ1) is 12.1. The molecule has 2 saturated heterocycles. The predicted molar refractivity (Wildman–Crippen MR) is 97.4 cm³/mol. The Labute approximate surface area is 149 Å².